The number of nitrogen functional groups attached to an aromatic ring is 1. The maximum absolute atomic E-state index is 6.62. The van der Waals surface area contributed by atoms with Crippen molar-refractivity contribution in [3.8, 4) is 17.3 Å². The van der Waals surface area contributed by atoms with Gasteiger partial charge in [0.25, 0.3) is 0 Å². The van der Waals surface area contributed by atoms with Crippen LogP contribution in [-0.2, 0) is 13.5 Å². The quantitative estimate of drug-likeness (QED) is 0.581. The predicted octanol–water partition coefficient (Wildman–Crippen LogP) is 3.97. The van der Waals surface area contributed by atoms with E-state index in [9.17, 15) is 0 Å². The summed E-state index contributed by atoms with van der Waals surface area (Å²) in [6, 6.07) is 3.80. The monoisotopic (exact) mass is 407 g/mol. The lowest BCUT2D eigenvalue weighted by molar-refractivity contribution is -0.0479. The third kappa shape index (κ3) is 3.36. The molecule has 1 atom stereocenters. The number of hydrogen-bond donors (Lipinski definition) is 2. The van der Waals surface area contributed by atoms with Gasteiger partial charge in [-0.2, -0.15) is 5.10 Å². The second kappa shape index (κ2) is 6.97. The van der Waals surface area contributed by atoms with Crippen LogP contribution >= 0.6 is 0 Å². The molecule has 8 heteroatoms. The smallest absolute Gasteiger partial charge is 0.223 e. The number of rotatable bonds is 0. The molecule has 0 aromatic carbocycles. The van der Waals surface area contributed by atoms with Gasteiger partial charge in [-0.15, -0.1) is 0 Å². The highest BCUT2D eigenvalue weighted by Gasteiger charge is 2.44. The molecule has 3 aromatic heterocycles. The first-order valence-electron chi connectivity index (χ1n) is 10.1. The molecule has 0 fully saturated rings. The summed E-state index contributed by atoms with van der Waals surface area (Å²) in [5.74, 6) is 2.80. The Kier molecular flexibility index (Phi) is 4.67. The lowest BCUT2D eigenvalue weighted by atomic mass is 9.66. The Morgan fingerprint density at radius 3 is 2.70 bits per heavy atom. The minimum absolute atomic E-state index is 0.190. The molecule has 0 radical (unpaired) electrons. The maximum Gasteiger partial charge on any atom is 0.223 e. The first kappa shape index (κ1) is 20.1. The van der Waals surface area contributed by atoms with Crippen molar-refractivity contribution < 1.29 is 4.74 Å². The summed E-state index contributed by atoms with van der Waals surface area (Å²) in [4.78, 5) is 13.5. The van der Waals surface area contributed by atoms with E-state index < -0.39 is 5.60 Å². The molecule has 4 heterocycles. The molecule has 0 saturated carbocycles. The first-order valence-corrected chi connectivity index (χ1v) is 10.1. The Balaban J connectivity index is 1.91. The number of ether oxygens (including phenoxy) is 1. The number of anilines is 3. The fraction of sp³-hybridized carbons (Fsp3) is 0.455. The van der Waals surface area contributed by atoms with Crippen LogP contribution in [0.15, 0.2) is 30.7 Å². The minimum Gasteiger partial charge on any atom is -0.471 e. The normalized spacial score (nSPS) is 19.7. The van der Waals surface area contributed by atoms with Gasteiger partial charge in [-0.05, 0) is 43.9 Å². The van der Waals surface area contributed by atoms with Gasteiger partial charge in [-0.25, -0.2) is 19.6 Å². The molecule has 30 heavy (non-hydrogen) atoms. The van der Waals surface area contributed by atoms with Crippen LogP contribution in [-0.4, -0.2) is 30.3 Å². The van der Waals surface area contributed by atoms with Crippen molar-refractivity contribution in [2.45, 2.75) is 46.6 Å². The van der Waals surface area contributed by atoms with Crippen molar-refractivity contribution in [1.82, 2.24) is 24.7 Å². The van der Waals surface area contributed by atoms with E-state index in [2.05, 4.69) is 60.0 Å². The van der Waals surface area contributed by atoms with Crippen LogP contribution < -0.4 is 15.8 Å². The second-order valence-corrected chi connectivity index (χ2v) is 9.09. The van der Waals surface area contributed by atoms with E-state index in [4.69, 9.17) is 10.5 Å². The van der Waals surface area contributed by atoms with Crippen molar-refractivity contribution >= 4 is 17.3 Å². The third-order valence-electron chi connectivity index (χ3n) is 6.72. The summed E-state index contributed by atoms with van der Waals surface area (Å²) in [6.07, 6.45) is 5.96. The zero-order chi connectivity index (χ0) is 21.7. The topological polar surface area (TPSA) is 104 Å². The van der Waals surface area contributed by atoms with Crippen LogP contribution in [0, 0.1) is 11.3 Å². The van der Waals surface area contributed by atoms with E-state index >= 15 is 0 Å². The van der Waals surface area contributed by atoms with Crippen LogP contribution in [0.5, 0.6) is 5.88 Å². The van der Waals surface area contributed by atoms with Crippen LogP contribution in [0.25, 0.3) is 11.4 Å². The number of aromatic nitrogens is 5. The van der Waals surface area contributed by atoms with Crippen molar-refractivity contribution in [2.24, 2.45) is 18.4 Å². The van der Waals surface area contributed by atoms with Gasteiger partial charge >= 0.3 is 0 Å². The molecule has 0 spiro atoms. The number of nitrogens with two attached hydrogens (primary N) is 1. The predicted molar refractivity (Wildman–Crippen MR) is 118 cm³/mol. The molecule has 1 aliphatic heterocycles. The second-order valence-electron chi connectivity index (χ2n) is 9.09. The SMILES string of the molecule is CC1Cc2cc(ncc2N)Nc2ccnc(n2)-c2cnn(C)c2OC(C)(C)C1(C)C. The van der Waals surface area contributed by atoms with Gasteiger partial charge in [0.1, 0.15) is 22.8 Å². The van der Waals surface area contributed by atoms with Crippen molar-refractivity contribution in [1.29, 1.82) is 0 Å². The molecule has 3 N–H and O–H groups in total. The van der Waals surface area contributed by atoms with Crippen LogP contribution in [0.2, 0.25) is 0 Å². The van der Waals surface area contributed by atoms with E-state index in [1.165, 1.54) is 0 Å². The molecule has 3 aromatic rings. The lowest BCUT2D eigenvalue weighted by Gasteiger charge is -2.45. The average molecular weight is 408 g/mol. The molecule has 0 amide bonds. The Bertz CT molecular complexity index is 1090. The standard InChI is InChI=1S/C22H29N7O/c1-13-9-14-10-18(25-12-16(14)23)27-17-7-8-24-19(28-17)15-11-26-29(6)20(15)30-22(4,5)21(13,2)3/h7-8,10-13H,9,23H2,1-6H3,(H,24,25,27,28). The first-order chi connectivity index (χ1) is 14.1. The van der Waals surface area contributed by atoms with E-state index in [0.717, 1.165) is 17.5 Å². The maximum atomic E-state index is 6.62. The molecule has 0 saturated heterocycles. The molecule has 8 nitrogen and oxygen atoms in total. The highest BCUT2D eigenvalue weighted by Crippen LogP contribution is 2.44. The van der Waals surface area contributed by atoms with Crippen LogP contribution in [0.3, 0.4) is 0 Å². The van der Waals surface area contributed by atoms with E-state index in [1.54, 1.807) is 29.3 Å². The van der Waals surface area contributed by atoms with Gasteiger partial charge < -0.3 is 15.8 Å². The Hall–Kier alpha value is -3.16. The molecule has 1 unspecified atom stereocenters. The van der Waals surface area contributed by atoms with E-state index in [-0.39, 0.29) is 11.3 Å². The molecule has 4 bridgehead atoms. The molecular formula is C22H29N7O. The lowest BCUT2D eigenvalue weighted by Crippen LogP contribution is -2.49. The number of nitrogens with zero attached hydrogens (tertiary/aromatic N) is 5. The summed E-state index contributed by atoms with van der Waals surface area (Å²) >= 11 is 0. The van der Waals surface area contributed by atoms with Gasteiger partial charge in [-0.1, -0.05) is 20.8 Å². The van der Waals surface area contributed by atoms with E-state index in [0.29, 0.717) is 29.0 Å². The highest BCUT2D eigenvalue weighted by atomic mass is 16.5. The minimum atomic E-state index is -0.500. The Morgan fingerprint density at radius 1 is 1.17 bits per heavy atom. The van der Waals surface area contributed by atoms with Gasteiger partial charge in [-0.3, -0.25) is 0 Å². The zero-order valence-electron chi connectivity index (χ0n) is 18.4. The Morgan fingerprint density at radius 2 is 1.93 bits per heavy atom. The average Bonchev–Trinajstić information content (AvgIpc) is 3.03. The molecule has 158 valence electrons. The van der Waals surface area contributed by atoms with Crippen molar-refractivity contribution in [3.05, 3.63) is 36.3 Å². The third-order valence-corrected chi connectivity index (χ3v) is 6.72. The Labute approximate surface area is 176 Å². The fourth-order valence-corrected chi connectivity index (χ4v) is 3.69. The summed E-state index contributed by atoms with van der Waals surface area (Å²) < 4.78 is 8.36. The summed E-state index contributed by atoms with van der Waals surface area (Å²) in [6.45, 7) is 10.9. The van der Waals surface area contributed by atoms with Gasteiger partial charge in [0.15, 0.2) is 5.82 Å². The number of nitrogens with one attached hydrogen (secondary N) is 1. The van der Waals surface area contributed by atoms with Gasteiger partial charge in [0.2, 0.25) is 5.88 Å². The van der Waals surface area contributed by atoms with E-state index in [1.807, 2.05) is 13.1 Å². The number of hydrogen-bond acceptors (Lipinski definition) is 7. The van der Waals surface area contributed by atoms with Crippen molar-refractivity contribution in [3.63, 3.8) is 0 Å². The fourth-order valence-electron chi connectivity index (χ4n) is 3.69. The largest absolute Gasteiger partial charge is 0.471 e. The van der Waals surface area contributed by atoms with Crippen molar-refractivity contribution in [2.75, 3.05) is 11.1 Å². The highest BCUT2D eigenvalue weighted by molar-refractivity contribution is 5.64. The van der Waals surface area contributed by atoms with Gasteiger partial charge in [0.05, 0.1) is 18.1 Å². The summed E-state index contributed by atoms with van der Waals surface area (Å²) in [5.41, 5.74) is 8.06. The van der Waals surface area contributed by atoms with Crippen LogP contribution in [0.1, 0.15) is 40.2 Å². The summed E-state index contributed by atoms with van der Waals surface area (Å²) in [7, 11) is 1.87. The molecule has 0 aliphatic carbocycles. The number of fused-ring (bicyclic) bond motifs is 6. The van der Waals surface area contributed by atoms with Gasteiger partial charge in [0, 0.05) is 18.7 Å². The zero-order valence-corrected chi connectivity index (χ0v) is 18.4. The molecular weight excluding hydrogens is 378 g/mol. The summed E-state index contributed by atoms with van der Waals surface area (Å²) in [5, 5.41) is 7.68. The number of aryl methyl sites for hydroxylation is 1. The number of pyridine rings is 1. The van der Waals surface area contributed by atoms with Crippen LogP contribution in [0.4, 0.5) is 17.3 Å². The molecule has 1 aliphatic rings. The molecule has 4 rings (SSSR count).